The van der Waals surface area contributed by atoms with Crippen molar-refractivity contribution in [2.24, 2.45) is 17.6 Å². The van der Waals surface area contributed by atoms with E-state index in [1.54, 1.807) is 0 Å². The summed E-state index contributed by atoms with van der Waals surface area (Å²) in [6, 6.07) is 12.2. The van der Waals surface area contributed by atoms with Crippen molar-refractivity contribution in [2.75, 3.05) is 19.6 Å². The van der Waals surface area contributed by atoms with E-state index in [1.165, 1.54) is 32.1 Å². The lowest BCUT2D eigenvalue weighted by atomic mass is 9.75. The molecule has 0 spiro atoms. The first-order valence-corrected chi connectivity index (χ1v) is 8.19. The smallest absolute Gasteiger partial charge is 0.142 e. The van der Waals surface area contributed by atoms with Crippen molar-refractivity contribution in [3.8, 4) is 6.07 Å². The third-order valence-corrected chi connectivity index (χ3v) is 5.34. The standard InChI is InChI=1S/C18H25N3/c19-13-18(20,17-8-2-1-3-9-17)14-21-11-10-15-6-4-5-7-16(15)12-21/h1-3,8-9,15-16H,4-7,10-12,14,20H2. The van der Waals surface area contributed by atoms with Gasteiger partial charge in [-0.3, -0.25) is 4.90 Å². The number of piperidine rings is 1. The van der Waals surface area contributed by atoms with E-state index in [1.807, 2.05) is 30.3 Å². The van der Waals surface area contributed by atoms with Gasteiger partial charge in [-0.25, -0.2) is 0 Å². The molecular weight excluding hydrogens is 258 g/mol. The highest BCUT2D eigenvalue weighted by Crippen LogP contribution is 2.36. The highest BCUT2D eigenvalue weighted by molar-refractivity contribution is 5.31. The lowest BCUT2D eigenvalue weighted by Crippen LogP contribution is -2.51. The van der Waals surface area contributed by atoms with Crippen molar-refractivity contribution in [3.63, 3.8) is 0 Å². The van der Waals surface area contributed by atoms with Crippen molar-refractivity contribution in [1.82, 2.24) is 4.90 Å². The van der Waals surface area contributed by atoms with Crippen molar-refractivity contribution >= 4 is 0 Å². The van der Waals surface area contributed by atoms with Crippen LogP contribution in [-0.2, 0) is 5.54 Å². The quantitative estimate of drug-likeness (QED) is 0.928. The minimum absolute atomic E-state index is 0.650. The van der Waals surface area contributed by atoms with Crippen LogP contribution in [0.5, 0.6) is 0 Å². The summed E-state index contributed by atoms with van der Waals surface area (Å²) in [6.45, 7) is 2.86. The van der Waals surface area contributed by atoms with Crippen molar-refractivity contribution < 1.29 is 0 Å². The molecule has 1 saturated carbocycles. The molecule has 1 heterocycles. The molecule has 0 aromatic heterocycles. The maximum Gasteiger partial charge on any atom is 0.142 e. The van der Waals surface area contributed by atoms with Crippen LogP contribution in [-0.4, -0.2) is 24.5 Å². The number of nitrogens with zero attached hydrogens (tertiary/aromatic N) is 2. The Morgan fingerprint density at radius 3 is 2.57 bits per heavy atom. The Hall–Kier alpha value is -1.37. The predicted molar refractivity (Wildman–Crippen MR) is 84.4 cm³/mol. The minimum atomic E-state index is -0.886. The van der Waals surface area contributed by atoms with Crippen molar-refractivity contribution in [3.05, 3.63) is 35.9 Å². The molecule has 0 amide bonds. The number of hydrogen-bond acceptors (Lipinski definition) is 3. The summed E-state index contributed by atoms with van der Waals surface area (Å²) in [6.07, 6.45) is 6.82. The summed E-state index contributed by atoms with van der Waals surface area (Å²) in [5, 5.41) is 9.60. The number of nitrogens with two attached hydrogens (primary N) is 1. The fourth-order valence-corrected chi connectivity index (χ4v) is 4.10. The van der Waals surface area contributed by atoms with Gasteiger partial charge in [0.25, 0.3) is 0 Å². The molecular formula is C18H25N3. The predicted octanol–water partition coefficient (Wildman–Crippen LogP) is 2.88. The van der Waals surface area contributed by atoms with Crippen LogP contribution in [0.1, 0.15) is 37.7 Å². The Morgan fingerprint density at radius 2 is 1.86 bits per heavy atom. The first-order valence-electron chi connectivity index (χ1n) is 8.19. The van der Waals surface area contributed by atoms with Gasteiger partial charge >= 0.3 is 0 Å². The van der Waals surface area contributed by atoms with E-state index in [4.69, 9.17) is 5.73 Å². The summed E-state index contributed by atoms with van der Waals surface area (Å²) in [5.41, 5.74) is 6.46. The fraction of sp³-hybridized carbons (Fsp3) is 0.611. The number of rotatable bonds is 3. The molecule has 3 nitrogen and oxygen atoms in total. The van der Waals surface area contributed by atoms with Crippen LogP contribution >= 0.6 is 0 Å². The molecule has 3 rings (SSSR count). The van der Waals surface area contributed by atoms with Gasteiger partial charge in [-0.05, 0) is 36.8 Å². The summed E-state index contributed by atoms with van der Waals surface area (Å²) >= 11 is 0. The Bertz CT molecular complexity index is 507. The van der Waals surface area contributed by atoms with E-state index >= 15 is 0 Å². The van der Waals surface area contributed by atoms with Gasteiger partial charge in [0.1, 0.15) is 5.54 Å². The molecule has 1 saturated heterocycles. The van der Waals surface area contributed by atoms with Crippen LogP contribution in [0.4, 0.5) is 0 Å². The Morgan fingerprint density at radius 1 is 1.14 bits per heavy atom. The number of nitriles is 1. The molecule has 21 heavy (non-hydrogen) atoms. The van der Waals surface area contributed by atoms with Crippen LogP contribution in [0.25, 0.3) is 0 Å². The molecule has 1 aliphatic heterocycles. The number of fused-ring (bicyclic) bond motifs is 1. The third-order valence-electron chi connectivity index (χ3n) is 5.34. The van der Waals surface area contributed by atoms with E-state index in [2.05, 4.69) is 11.0 Å². The topological polar surface area (TPSA) is 53.1 Å². The summed E-state index contributed by atoms with van der Waals surface area (Å²) < 4.78 is 0. The maximum absolute atomic E-state index is 9.60. The SMILES string of the molecule is N#CC(N)(CN1CCC2CCCCC2C1)c1ccccc1. The average molecular weight is 283 g/mol. The number of likely N-dealkylation sites (tertiary alicyclic amines) is 1. The monoisotopic (exact) mass is 283 g/mol. The van der Waals surface area contributed by atoms with Gasteiger partial charge in [-0.15, -0.1) is 0 Å². The van der Waals surface area contributed by atoms with Crippen LogP contribution in [0.15, 0.2) is 30.3 Å². The second-order valence-corrected chi connectivity index (χ2v) is 6.78. The van der Waals surface area contributed by atoms with Crippen molar-refractivity contribution in [2.45, 2.75) is 37.6 Å². The molecule has 112 valence electrons. The van der Waals surface area contributed by atoms with Gasteiger partial charge in [0, 0.05) is 13.1 Å². The number of benzene rings is 1. The van der Waals surface area contributed by atoms with E-state index < -0.39 is 5.54 Å². The highest BCUT2D eigenvalue weighted by atomic mass is 15.2. The second-order valence-electron chi connectivity index (χ2n) is 6.78. The zero-order valence-corrected chi connectivity index (χ0v) is 12.7. The first kappa shape index (κ1) is 14.6. The Labute approximate surface area is 127 Å². The zero-order valence-electron chi connectivity index (χ0n) is 12.7. The summed E-state index contributed by atoms with van der Waals surface area (Å²) in [5.74, 6) is 1.74. The lowest BCUT2D eigenvalue weighted by molar-refractivity contribution is 0.0765. The summed E-state index contributed by atoms with van der Waals surface area (Å²) in [4.78, 5) is 2.42. The molecule has 2 N–H and O–H groups in total. The molecule has 2 fully saturated rings. The Balaban J connectivity index is 1.69. The third kappa shape index (κ3) is 3.12. The fourth-order valence-electron chi connectivity index (χ4n) is 4.10. The zero-order chi connectivity index (χ0) is 14.7. The minimum Gasteiger partial charge on any atom is -0.309 e. The summed E-state index contributed by atoms with van der Waals surface area (Å²) in [7, 11) is 0. The molecule has 3 atom stereocenters. The van der Waals surface area contributed by atoms with Crippen LogP contribution in [0, 0.1) is 23.2 Å². The molecule has 1 aromatic rings. The average Bonchev–Trinajstić information content (AvgIpc) is 2.55. The molecule has 3 heteroatoms. The van der Waals surface area contributed by atoms with Crippen LogP contribution in [0.3, 0.4) is 0 Å². The van der Waals surface area contributed by atoms with E-state index in [-0.39, 0.29) is 0 Å². The number of hydrogen-bond donors (Lipinski definition) is 1. The van der Waals surface area contributed by atoms with E-state index in [9.17, 15) is 5.26 Å². The maximum atomic E-state index is 9.60. The first-order chi connectivity index (χ1) is 10.2. The highest BCUT2D eigenvalue weighted by Gasteiger charge is 2.35. The van der Waals surface area contributed by atoms with E-state index in [0.29, 0.717) is 6.54 Å². The normalized spacial score (nSPS) is 29.1. The molecule has 1 aliphatic carbocycles. The van der Waals surface area contributed by atoms with Crippen LogP contribution < -0.4 is 5.73 Å². The van der Waals surface area contributed by atoms with Gasteiger partial charge in [-0.2, -0.15) is 5.26 Å². The molecule has 3 unspecified atom stereocenters. The molecule has 2 aliphatic rings. The van der Waals surface area contributed by atoms with Gasteiger partial charge in [0.05, 0.1) is 6.07 Å². The van der Waals surface area contributed by atoms with Gasteiger partial charge in [0.15, 0.2) is 0 Å². The molecule has 0 bridgehead atoms. The van der Waals surface area contributed by atoms with Gasteiger partial charge < -0.3 is 5.73 Å². The lowest BCUT2D eigenvalue weighted by Gasteiger charge is -2.43. The molecule has 1 aromatic carbocycles. The Kier molecular flexibility index (Phi) is 4.28. The van der Waals surface area contributed by atoms with Crippen molar-refractivity contribution in [1.29, 1.82) is 5.26 Å². The molecule has 0 radical (unpaired) electrons. The second kappa shape index (κ2) is 6.17. The van der Waals surface area contributed by atoms with E-state index in [0.717, 1.165) is 30.5 Å². The largest absolute Gasteiger partial charge is 0.309 e. The van der Waals surface area contributed by atoms with Crippen LogP contribution in [0.2, 0.25) is 0 Å². The van der Waals surface area contributed by atoms with Gasteiger partial charge in [0.2, 0.25) is 0 Å². The van der Waals surface area contributed by atoms with Gasteiger partial charge in [-0.1, -0.05) is 49.6 Å².